The highest BCUT2D eigenvalue weighted by Crippen LogP contribution is 2.30. The Labute approximate surface area is 117 Å². The summed E-state index contributed by atoms with van der Waals surface area (Å²) in [5.74, 6) is 1.60. The van der Waals surface area contributed by atoms with Gasteiger partial charge in [-0.3, -0.25) is 0 Å². The summed E-state index contributed by atoms with van der Waals surface area (Å²) in [6, 6.07) is 0. The van der Waals surface area contributed by atoms with E-state index in [9.17, 15) is 4.79 Å². The summed E-state index contributed by atoms with van der Waals surface area (Å²) in [5.41, 5.74) is 4.26. The Balaban J connectivity index is 0.000000362. The molecular formula is C15H31NO3. The minimum absolute atomic E-state index is 0.416. The number of nitrogens with two attached hydrogens (primary N) is 1. The molecule has 0 aromatic heterocycles. The minimum Gasteiger partial charge on any atom is -0.444 e. The van der Waals surface area contributed by atoms with E-state index in [-0.39, 0.29) is 0 Å². The van der Waals surface area contributed by atoms with Crippen LogP contribution < -0.4 is 5.73 Å². The smallest absolute Gasteiger partial charge is 0.405 e. The lowest BCUT2D eigenvalue weighted by molar-refractivity contribution is 0.0600. The van der Waals surface area contributed by atoms with Gasteiger partial charge in [0.05, 0.1) is 0 Å². The summed E-state index contributed by atoms with van der Waals surface area (Å²) in [6.07, 6.45) is 7.25. The Morgan fingerprint density at radius 2 is 1.68 bits per heavy atom. The first kappa shape index (κ1) is 18.2. The molecule has 1 fully saturated rings. The molecule has 1 aliphatic carbocycles. The summed E-state index contributed by atoms with van der Waals surface area (Å²) in [7, 11) is 0. The van der Waals surface area contributed by atoms with Crippen LogP contribution in [0.5, 0.6) is 0 Å². The first-order chi connectivity index (χ1) is 8.78. The molecule has 1 amide bonds. The van der Waals surface area contributed by atoms with Crippen LogP contribution in [0.2, 0.25) is 0 Å². The summed E-state index contributed by atoms with van der Waals surface area (Å²) in [4.78, 5) is 10.0. The Bertz CT molecular complexity index is 240. The van der Waals surface area contributed by atoms with Gasteiger partial charge in [0.2, 0.25) is 0 Å². The average molecular weight is 273 g/mol. The zero-order valence-electron chi connectivity index (χ0n) is 12.9. The molecule has 0 radical (unpaired) electrons. The van der Waals surface area contributed by atoms with Crippen LogP contribution in [-0.4, -0.2) is 23.4 Å². The van der Waals surface area contributed by atoms with E-state index in [1.807, 2.05) is 0 Å². The van der Waals surface area contributed by atoms with Crippen LogP contribution in [0.1, 0.15) is 66.2 Å². The lowest BCUT2D eigenvalue weighted by Gasteiger charge is -2.26. The predicted molar refractivity (Wildman–Crippen MR) is 77.9 cm³/mol. The second-order valence-corrected chi connectivity index (χ2v) is 6.39. The molecule has 0 unspecified atom stereocenters. The molecule has 1 saturated carbocycles. The first-order valence-electron chi connectivity index (χ1n) is 7.37. The van der Waals surface area contributed by atoms with Gasteiger partial charge >= 0.3 is 6.09 Å². The molecule has 0 heterocycles. The van der Waals surface area contributed by atoms with E-state index in [0.717, 1.165) is 5.92 Å². The average Bonchev–Trinajstić information content (AvgIpc) is 2.28. The quantitative estimate of drug-likeness (QED) is 0.827. The van der Waals surface area contributed by atoms with Crippen LogP contribution >= 0.6 is 0 Å². The molecule has 3 N–H and O–H groups in total. The number of aliphatic hydroxyl groups excluding tert-OH is 1. The molecular weight excluding hydrogens is 242 g/mol. The number of ether oxygens (including phenoxy) is 1. The van der Waals surface area contributed by atoms with E-state index in [0.29, 0.717) is 12.5 Å². The molecule has 0 aromatic carbocycles. The van der Waals surface area contributed by atoms with E-state index in [4.69, 9.17) is 10.8 Å². The second kappa shape index (κ2) is 9.18. The fourth-order valence-corrected chi connectivity index (χ4v) is 2.41. The standard InChI is InChI=1S/C10H20O.C5H11NO2/c1-2-3-9-4-6-10(8-11)7-5-9;1-5(2,3)8-4(6)7/h9-11H,2-8H2,1H3;1-3H3,(H2,6,7). The lowest BCUT2D eigenvalue weighted by atomic mass is 9.80. The molecule has 4 heteroatoms. The fourth-order valence-electron chi connectivity index (χ4n) is 2.41. The molecule has 0 atom stereocenters. The highest BCUT2D eigenvalue weighted by atomic mass is 16.6. The summed E-state index contributed by atoms with van der Waals surface area (Å²) < 4.78 is 4.58. The number of hydrogen-bond donors (Lipinski definition) is 2. The Morgan fingerprint density at radius 3 is 1.95 bits per heavy atom. The van der Waals surface area contributed by atoms with Crippen molar-refractivity contribution in [2.75, 3.05) is 6.61 Å². The zero-order chi connectivity index (χ0) is 14.9. The lowest BCUT2D eigenvalue weighted by Crippen LogP contribution is -2.27. The van der Waals surface area contributed by atoms with Gasteiger partial charge in [0.1, 0.15) is 5.60 Å². The van der Waals surface area contributed by atoms with Gasteiger partial charge in [-0.05, 0) is 45.4 Å². The van der Waals surface area contributed by atoms with Gasteiger partial charge in [-0.15, -0.1) is 0 Å². The highest BCUT2D eigenvalue weighted by molar-refractivity contribution is 5.65. The number of hydrogen-bond acceptors (Lipinski definition) is 3. The maximum absolute atomic E-state index is 10.0. The van der Waals surface area contributed by atoms with E-state index >= 15 is 0 Å². The Kier molecular flexibility index (Phi) is 8.81. The van der Waals surface area contributed by atoms with Gasteiger partial charge < -0.3 is 15.6 Å². The van der Waals surface area contributed by atoms with Crippen molar-refractivity contribution < 1.29 is 14.6 Å². The molecule has 0 aliphatic heterocycles. The van der Waals surface area contributed by atoms with Crippen molar-refractivity contribution in [1.82, 2.24) is 0 Å². The van der Waals surface area contributed by atoms with E-state index in [2.05, 4.69) is 11.7 Å². The molecule has 0 aromatic rings. The number of amides is 1. The topological polar surface area (TPSA) is 72.5 Å². The van der Waals surface area contributed by atoms with E-state index in [1.54, 1.807) is 20.8 Å². The van der Waals surface area contributed by atoms with Gasteiger partial charge in [0.25, 0.3) is 0 Å². The molecule has 19 heavy (non-hydrogen) atoms. The predicted octanol–water partition coefficient (Wildman–Crippen LogP) is 3.47. The molecule has 0 spiro atoms. The molecule has 1 aliphatic rings. The molecule has 0 bridgehead atoms. The van der Waals surface area contributed by atoms with Crippen molar-refractivity contribution >= 4 is 6.09 Å². The normalized spacial score (nSPS) is 23.2. The van der Waals surface area contributed by atoms with E-state index in [1.165, 1.54) is 38.5 Å². The van der Waals surface area contributed by atoms with Crippen molar-refractivity contribution in [2.24, 2.45) is 17.6 Å². The molecule has 114 valence electrons. The number of primary amides is 1. The number of aliphatic hydroxyl groups is 1. The first-order valence-corrected chi connectivity index (χ1v) is 7.37. The van der Waals surface area contributed by atoms with Gasteiger partial charge in [-0.2, -0.15) is 0 Å². The fraction of sp³-hybridized carbons (Fsp3) is 0.933. The van der Waals surface area contributed by atoms with Gasteiger partial charge in [0.15, 0.2) is 0 Å². The van der Waals surface area contributed by atoms with Crippen LogP contribution in [0.15, 0.2) is 0 Å². The van der Waals surface area contributed by atoms with Crippen molar-refractivity contribution in [3.8, 4) is 0 Å². The maximum atomic E-state index is 10.0. The van der Waals surface area contributed by atoms with Crippen LogP contribution in [0.25, 0.3) is 0 Å². The number of carbonyl (C=O) groups is 1. The Hall–Kier alpha value is -0.770. The van der Waals surface area contributed by atoms with Gasteiger partial charge in [-0.1, -0.05) is 32.6 Å². The van der Waals surface area contributed by atoms with Gasteiger partial charge in [0, 0.05) is 6.61 Å². The SMILES string of the molecule is CC(C)(C)OC(N)=O.CCCC1CCC(CO)CC1. The van der Waals surface area contributed by atoms with Crippen molar-refractivity contribution in [2.45, 2.75) is 71.8 Å². The molecule has 1 rings (SSSR count). The summed E-state index contributed by atoms with van der Waals surface area (Å²) in [5, 5.41) is 8.91. The van der Waals surface area contributed by atoms with Crippen LogP contribution in [0, 0.1) is 11.8 Å². The maximum Gasteiger partial charge on any atom is 0.405 e. The third kappa shape index (κ3) is 10.8. The highest BCUT2D eigenvalue weighted by Gasteiger charge is 2.19. The second-order valence-electron chi connectivity index (χ2n) is 6.39. The summed E-state index contributed by atoms with van der Waals surface area (Å²) in [6.45, 7) is 7.96. The van der Waals surface area contributed by atoms with Crippen LogP contribution in [0.4, 0.5) is 4.79 Å². The van der Waals surface area contributed by atoms with Crippen molar-refractivity contribution in [3.63, 3.8) is 0 Å². The molecule has 0 saturated heterocycles. The summed E-state index contributed by atoms with van der Waals surface area (Å²) >= 11 is 0. The monoisotopic (exact) mass is 273 g/mol. The van der Waals surface area contributed by atoms with Crippen molar-refractivity contribution in [3.05, 3.63) is 0 Å². The third-order valence-corrected chi connectivity index (χ3v) is 3.33. The largest absolute Gasteiger partial charge is 0.444 e. The van der Waals surface area contributed by atoms with Crippen molar-refractivity contribution in [1.29, 1.82) is 0 Å². The Morgan fingerprint density at radius 1 is 1.21 bits per heavy atom. The number of carbonyl (C=O) groups excluding carboxylic acids is 1. The number of rotatable bonds is 3. The van der Waals surface area contributed by atoms with Crippen LogP contribution in [-0.2, 0) is 4.74 Å². The zero-order valence-corrected chi connectivity index (χ0v) is 12.9. The van der Waals surface area contributed by atoms with Gasteiger partial charge in [-0.25, -0.2) is 4.79 Å². The van der Waals surface area contributed by atoms with E-state index < -0.39 is 11.7 Å². The molecule has 4 nitrogen and oxygen atoms in total. The van der Waals surface area contributed by atoms with Crippen LogP contribution in [0.3, 0.4) is 0 Å². The third-order valence-electron chi connectivity index (χ3n) is 3.33. The minimum atomic E-state index is -0.725.